The van der Waals surface area contributed by atoms with Gasteiger partial charge < -0.3 is 15.7 Å². The summed E-state index contributed by atoms with van der Waals surface area (Å²) in [4.78, 5) is 38.7. The Bertz CT molecular complexity index is 1470. The van der Waals surface area contributed by atoms with Crippen molar-refractivity contribution >= 4 is 80.2 Å². The predicted molar refractivity (Wildman–Crippen MR) is 156 cm³/mol. The molecule has 1 atom stereocenters. The van der Waals surface area contributed by atoms with Gasteiger partial charge in [-0.3, -0.25) is 9.59 Å². The molecule has 0 saturated heterocycles. The zero-order valence-corrected chi connectivity index (χ0v) is 23.0. The molecule has 0 aliphatic heterocycles. The SMILES string of the molecule is O=C(N[C@H](CSCc1ccccc1)C(=O)O)/C(=C/c1ccc(Cl)c(Cl)c1)NC(=O)c1cc2ccccc2s1. The van der Waals surface area contributed by atoms with Gasteiger partial charge in [-0.2, -0.15) is 11.8 Å². The van der Waals surface area contributed by atoms with Crippen LogP contribution in [0.2, 0.25) is 10.0 Å². The number of benzene rings is 3. The van der Waals surface area contributed by atoms with Crippen molar-refractivity contribution < 1.29 is 19.5 Å². The number of amides is 2. The van der Waals surface area contributed by atoms with Gasteiger partial charge in [0.25, 0.3) is 11.8 Å². The Balaban J connectivity index is 1.54. The summed E-state index contributed by atoms with van der Waals surface area (Å²) in [6.07, 6.45) is 1.43. The van der Waals surface area contributed by atoms with Crippen LogP contribution in [0.1, 0.15) is 20.8 Å². The van der Waals surface area contributed by atoms with Gasteiger partial charge in [0.2, 0.25) is 0 Å². The Labute approximate surface area is 237 Å². The summed E-state index contributed by atoms with van der Waals surface area (Å²) in [6, 6.07) is 22.5. The van der Waals surface area contributed by atoms with E-state index in [1.54, 1.807) is 24.3 Å². The molecule has 10 heteroatoms. The lowest BCUT2D eigenvalue weighted by Crippen LogP contribution is -2.45. The maximum atomic E-state index is 13.3. The van der Waals surface area contributed by atoms with E-state index in [9.17, 15) is 19.5 Å². The van der Waals surface area contributed by atoms with Gasteiger partial charge >= 0.3 is 5.97 Å². The molecule has 4 rings (SSSR count). The minimum atomic E-state index is -1.18. The number of aliphatic carboxylic acids is 1. The van der Waals surface area contributed by atoms with Gasteiger partial charge in [-0.25, -0.2) is 4.79 Å². The van der Waals surface area contributed by atoms with Crippen LogP contribution in [-0.2, 0) is 15.3 Å². The molecule has 4 aromatic rings. The molecule has 194 valence electrons. The van der Waals surface area contributed by atoms with Crippen molar-refractivity contribution in [2.75, 3.05) is 5.75 Å². The smallest absolute Gasteiger partial charge is 0.327 e. The first-order valence-electron chi connectivity index (χ1n) is 11.4. The summed E-state index contributed by atoms with van der Waals surface area (Å²) in [5.41, 5.74) is 1.43. The molecule has 0 fully saturated rings. The van der Waals surface area contributed by atoms with Crippen LogP contribution in [0.5, 0.6) is 0 Å². The first-order chi connectivity index (χ1) is 18.3. The molecule has 0 aliphatic carbocycles. The Morgan fingerprint density at radius 3 is 2.39 bits per heavy atom. The Morgan fingerprint density at radius 1 is 0.947 bits per heavy atom. The lowest BCUT2D eigenvalue weighted by atomic mass is 10.1. The zero-order chi connectivity index (χ0) is 27.1. The normalized spacial score (nSPS) is 12.2. The average Bonchev–Trinajstić information content (AvgIpc) is 3.35. The molecular formula is C28H22Cl2N2O4S2. The maximum Gasteiger partial charge on any atom is 0.327 e. The van der Waals surface area contributed by atoms with Crippen molar-refractivity contribution in [1.29, 1.82) is 0 Å². The van der Waals surface area contributed by atoms with Crippen molar-refractivity contribution in [2.24, 2.45) is 0 Å². The van der Waals surface area contributed by atoms with Crippen molar-refractivity contribution in [3.8, 4) is 0 Å². The van der Waals surface area contributed by atoms with Crippen LogP contribution in [0.15, 0.2) is 84.6 Å². The topological polar surface area (TPSA) is 95.5 Å². The van der Waals surface area contributed by atoms with E-state index in [2.05, 4.69) is 10.6 Å². The quantitative estimate of drug-likeness (QED) is 0.185. The molecule has 2 amide bonds. The number of halogens is 2. The van der Waals surface area contributed by atoms with Crippen LogP contribution in [0.4, 0.5) is 0 Å². The third kappa shape index (κ3) is 7.39. The van der Waals surface area contributed by atoms with E-state index in [0.717, 1.165) is 15.6 Å². The van der Waals surface area contributed by atoms with E-state index in [-0.39, 0.29) is 16.5 Å². The van der Waals surface area contributed by atoms with Crippen molar-refractivity contribution in [1.82, 2.24) is 10.6 Å². The van der Waals surface area contributed by atoms with Crippen LogP contribution in [0, 0.1) is 0 Å². The number of thioether (sulfide) groups is 1. The van der Waals surface area contributed by atoms with Crippen LogP contribution >= 0.6 is 46.3 Å². The Kier molecular flexibility index (Phi) is 9.47. The highest BCUT2D eigenvalue weighted by molar-refractivity contribution is 7.98. The second-order valence-corrected chi connectivity index (χ2v) is 11.1. The highest BCUT2D eigenvalue weighted by atomic mass is 35.5. The van der Waals surface area contributed by atoms with Crippen molar-refractivity contribution in [3.05, 3.63) is 111 Å². The Morgan fingerprint density at radius 2 is 1.68 bits per heavy atom. The van der Waals surface area contributed by atoms with E-state index in [1.807, 2.05) is 54.6 Å². The fourth-order valence-corrected chi connectivity index (χ4v) is 5.76. The van der Waals surface area contributed by atoms with Crippen LogP contribution in [0.25, 0.3) is 16.2 Å². The van der Waals surface area contributed by atoms with Crippen LogP contribution < -0.4 is 10.6 Å². The number of nitrogens with one attached hydrogen (secondary N) is 2. The molecular weight excluding hydrogens is 563 g/mol. The third-order valence-corrected chi connectivity index (χ3v) is 8.36. The predicted octanol–water partition coefficient (Wildman–Crippen LogP) is 6.48. The second-order valence-electron chi connectivity index (χ2n) is 8.20. The summed E-state index contributed by atoms with van der Waals surface area (Å²) in [5.74, 6) is -1.67. The summed E-state index contributed by atoms with van der Waals surface area (Å²) in [6.45, 7) is 0. The monoisotopic (exact) mass is 584 g/mol. The number of hydrogen-bond donors (Lipinski definition) is 3. The van der Waals surface area contributed by atoms with Crippen LogP contribution in [-0.4, -0.2) is 34.7 Å². The molecule has 38 heavy (non-hydrogen) atoms. The van der Waals surface area contributed by atoms with Crippen LogP contribution in [0.3, 0.4) is 0 Å². The molecule has 0 aliphatic rings. The average molecular weight is 586 g/mol. The Hall–Kier alpha value is -3.30. The van der Waals surface area contributed by atoms with E-state index >= 15 is 0 Å². The molecule has 3 N–H and O–H groups in total. The largest absolute Gasteiger partial charge is 0.480 e. The summed E-state index contributed by atoms with van der Waals surface area (Å²) in [7, 11) is 0. The fraction of sp³-hybridized carbons (Fsp3) is 0.107. The first kappa shape index (κ1) is 27.7. The number of fused-ring (bicyclic) bond motifs is 1. The van der Waals surface area contributed by atoms with E-state index < -0.39 is 23.8 Å². The fourth-order valence-electron chi connectivity index (χ4n) is 3.48. The highest BCUT2D eigenvalue weighted by Crippen LogP contribution is 2.26. The van der Waals surface area contributed by atoms with Crippen molar-refractivity contribution in [2.45, 2.75) is 11.8 Å². The number of carboxylic acid groups (broad SMARTS) is 1. The van der Waals surface area contributed by atoms with Gasteiger partial charge in [-0.1, -0.05) is 77.8 Å². The third-order valence-electron chi connectivity index (χ3n) is 5.40. The minimum Gasteiger partial charge on any atom is -0.480 e. The van der Waals surface area contributed by atoms with E-state index in [4.69, 9.17) is 23.2 Å². The van der Waals surface area contributed by atoms with E-state index in [1.165, 1.54) is 29.2 Å². The summed E-state index contributed by atoms with van der Waals surface area (Å²) >= 11 is 14.8. The zero-order valence-electron chi connectivity index (χ0n) is 19.8. The number of carbonyl (C=O) groups excluding carboxylic acids is 2. The summed E-state index contributed by atoms with van der Waals surface area (Å²) < 4.78 is 0.929. The minimum absolute atomic E-state index is 0.120. The molecule has 1 aromatic heterocycles. The lowest BCUT2D eigenvalue weighted by molar-refractivity contribution is -0.140. The molecule has 3 aromatic carbocycles. The number of carboxylic acids is 1. The molecule has 6 nitrogen and oxygen atoms in total. The lowest BCUT2D eigenvalue weighted by Gasteiger charge is -2.16. The van der Waals surface area contributed by atoms with Gasteiger partial charge in [0.1, 0.15) is 11.7 Å². The number of rotatable bonds is 10. The van der Waals surface area contributed by atoms with Gasteiger partial charge in [0, 0.05) is 16.2 Å². The summed E-state index contributed by atoms with van der Waals surface area (Å²) in [5, 5.41) is 16.4. The van der Waals surface area contributed by atoms with Gasteiger partial charge in [0.05, 0.1) is 14.9 Å². The van der Waals surface area contributed by atoms with Gasteiger partial charge in [0.15, 0.2) is 0 Å². The molecule has 0 bridgehead atoms. The maximum absolute atomic E-state index is 13.3. The van der Waals surface area contributed by atoms with Gasteiger partial charge in [-0.15, -0.1) is 11.3 Å². The second kappa shape index (κ2) is 13.0. The molecule has 1 heterocycles. The standard InChI is InChI=1S/C28H22Cl2N2O4S2/c29-20-11-10-18(12-21(20)30)13-22(31-27(34)25-14-19-8-4-5-9-24(19)38-25)26(33)32-23(28(35)36)16-37-15-17-6-2-1-3-7-17/h1-14,23H,15-16H2,(H,31,34)(H,32,33)(H,35,36)/b22-13-/t23-/m1/s1. The molecule has 0 radical (unpaired) electrons. The number of thiophene rings is 1. The van der Waals surface area contributed by atoms with Gasteiger partial charge in [-0.05, 0) is 46.9 Å². The molecule has 0 spiro atoms. The number of hydrogen-bond acceptors (Lipinski definition) is 5. The van der Waals surface area contributed by atoms with E-state index in [0.29, 0.717) is 21.2 Å². The molecule has 0 unspecified atom stereocenters. The molecule has 0 saturated carbocycles. The first-order valence-corrected chi connectivity index (χ1v) is 14.1. The highest BCUT2D eigenvalue weighted by Gasteiger charge is 2.24. The van der Waals surface area contributed by atoms with Crippen molar-refractivity contribution in [3.63, 3.8) is 0 Å². The number of carbonyl (C=O) groups is 3.